The fourth-order valence-electron chi connectivity index (χ4n) is 4.16. The molecule has 1 aromatic carbocycles. The number of hydrogen-bond donors (Lipinski definition) is 1. The van der Waals surface area contributed by atoms with E-state index in [4.69, 9.17) is 19.9 Å². The fraction of sp³-hybridized carbons (Fsp3) is 0.350. The molecule has 0 saturated heterocycles. The Labute approximate surface area is 156 Å². The van der Waals surface area contributed by atoms with E-state index < -0.39 is 23.0 Å². The molecule has 0 radical (unpaired) electrons. The topological polar surface area (TPSA) is 112 Å². The van der Waals surface area contributed by atoms with Crippen molar-refractivity contribution in [2.24, 2.45) is 17.1 Å². The van der Waals surface area contributed by atoms with Crippen LogP contribution in [-0.2, 0) is 24.8 Å². The Morgan fingerprint density at radius 3 is 2.70 bits per heavy atom. The Balaban J connectivity index is 1.97. The van der Waals surface area contributed by atoms with Gasteiger partial charge in [-0.3, -0.25) is 4.79 Å². The van der Waals surface area contributed by atoms with Crippen LogP contribution >= 0.6 is 0 Å². The minimum Gasteiger partial charge on any atom is -0.462 e. The number of nitrogens with two attached hydrogens (primary N) is 1. The van der Waals surface area contributed by atoms with E-state index in [-0.39, 0.29) is 35.3 Å². The Morgan fingerprint density at radius 2 is 2.04 bits per heavy atom. The van der Waals surface area contributed by atoms with E-state index in [1.807, 2.05) is 19.9 Å². The van der Waals surface area contributed by atoms with Crippen molar-refractivity contribution in [2.45, 2.75) is 26.6 Å². The number of allylic oxidation sites excluding steroid dienone is 1. The summed E-state index contributed by atoms with van der Waals surface area (Å²) in [6, 6.07) is 8.70. The first-order valence-corrected chi connectivity index (χ1v) is 8.62. The highest BCUT2D eigenvalue weighted by Gasteiger charge is 2.80. The van der Waals surface area contributed by atoms with E-state index in [0.29, 0.717) is 11.1 Å². The summed E-state index contributed by atoms with van der Waals surface area (Å²) in [5.41, 5.74) is 4.77. The molecule has 0 amide bonds. The van der Waals surface area contributed by atoms with Crippen molar-refractivity contribution in [2.75, 3.05) is 6.61 Å². The van der Waals surface area contributed by atoms with Crippen molar-refractivity contribution in [1.82, 2.24) is 0 Å². The van der Waals surface area contributed by atoms with E-state index in [1.54, 1.807) is 31.2 Å². The zero-order chi connectivity index (χ0) is 19.6. The van der Waals surface area contributed by atoms with Crippen LogP contribution in [0.4, 0.5) is 0 Å². The Bertz CT molecular complexity index is 1000. The summed E-state index contributed by atoms with van der Waals surface area (Å²) in [4.78, 5) is 26.5. The summed E-state index contributed by atoms with van der Waals surface area (Å²) in [7, 11) is 0. The van der Waals surface area contributed by atoms with Gasteiger partial charge in [-0.05, 0) is 12.8 Å². The molecule has 1 aliphatic carbocycles. The second kappa shape index (κ2) is 5.36. The van der Waals surface area contributed by atoms with E-state index in [9.17, 15) is 14.9 Å². The second-order valence-electron chi connectivity index (χ2n) is 7.22. The highest BCUT2D eigenvalue weighted by molar-refractivity contribution is 6.16. The van der Waals surface area contributed by atoms with Crippen LogP contribution in [0, 0.1) is 22.7 Å². The minimum absolute atomic E-state index is 0.0265. The van der Waals surface area contributed by atoms with Crippen LogP contribution in [0.2, 0.25) is 0 Å². The van der Waals surface area contributed by atoms with Crippen molar-refractivity contribution in [3.05, 3.63) is 58.2 Å². The van der Waals surface area contributed by atoms with Crippen molar-refractivity contribution < 1.29 is 23.8 Å². The van der Waals surface area contributed by atoms with Gasteiger partial charge in [-0.2, -0.15) is 5.26 Å². The summed E-state index contributed by atoms with van der Waals surface area (Å²) in [5.74, 6) is -2.79. The number of nitriles is 1. The van der Waals surface area contributed by atoms with Gasteiger partial charge in [0.1, 0.15) is 23.0 Å². The van der Waals surface area contributed by atoms with E-state index in [2.05, 4.69) is 0 Å². The van der Waals surface area contributed by atoms with Crippen molar-refractivity contribution >= 4 is 11.8 Å². The predicted octanol–water partition coefficient (Wildman–Crippen LogP) is 2.25. The van der Waals surface area contributed by atoms with Gasteiger partial charge in [-0.25, -0.2) is 4.79 Å². The number of Topliss-reactive ketones (excluding diaryl/α,β-unsaturated/α-hetero) is 1. The summed E-state index contributed by atoms with van der Waals surface area (Å²) in [6.07, 6.45) is 0. The lowest BCUT2D eigenvalue weighted by molar-refractivity contribution is -0.199. The van der Waals surface area contributed by atoms with Crippen molar-refractivity contribution in [3.8, 4) is 6.07 Å². The lowest BCUT2D eigenvalue weighted by atomic mass is 9.69. The molecule has 0 unspecified atom stereocenters. The molecule has 2 N–H and O–H groups in total. The third-order valence-electron chi connectivity index (χ3n) is 5.12. The highest BCUT2D eigenvalue weighted by atomic mass is 16.7. The average Bonchev–Trinajstić information content (AvgIpc) is 3.10. The van der Waals surface area contributed by atoms with Crippen molar-refractivity contribution in [1.29, 1.82) is 5.26 Å². The molecule has 2 heterocycles. The third kappa shape index (κ3) is 1.80. The van der Waals surface area contributed by atoms with Gasteiger partial charge < -0.3 is 19.9 Å². The summed E-state index contributed by atoms with van der Waals surface area (Å²) in [5, 5.41) is 9.77. The normalized spacial score (nSPS) is 27.7. The number of ketones is 1. The molecule has 7 nitrogen and oxygen atoms in total. The number of benzene rings is 1. The maximum Gasteiger partial charge on any atom is 0.339 e. The van der Waals surface area contributed by atoms with Crippen LogP contribution < -0.4 is 5.73 Å². The second-order valence-corrected chi connectivity index (χ2v) is 7.22. The molecule has 2 atom stereocenters. The smallest absolute Gasteiger partial charge is 0.339 e. The highest BCUT2D eigenvalue weighted by Crippen LogP contribution is 2.69. The molecule has 138 valence electrons. The van der Waals surface area contributed by atoms with Crippen molar-refractivity contribution in [3.63, 3.8) is 0 Å². The van der Waals surface area contributed by atoms with E-state index in [0.717, 1.165) is 0 Å². The minimum atomic E-state index is -1.78. The number of nitrogens with zero attached hydrogens (tertiary/aromatic N) is 1. The van der Waals surface area contributed by atoms with Crippen LogP contribution in [0.3, 0.4) is 0 Å². The van der Waals surface area contributed by atoms with Crippen LogP contribution in [0.25, 0.3) is 0 Å². The average molecular weight is 366 g/mol. The molecule has 2 aliphatic heterocycles. The zero-order valence-electron chi connectivity index (χ0n) is 15.2. The number of rotatable bonds is 3. The zero-order valence-corrected chi connectivity index (χ0v) is 15.2. The quantitative estimate of drug-likeness (QED) is 0.817. The standard InChI is InChI=1S/C20H18N2O5/c1-10(2)9-25-18(24)15-11(3)26-20-13-7-5-4-6-12(13)16(23)19(15,20)14(8-21)17(22)27-20/h4-7,10H,9,22H2,1-3H3/t19-,20-/m0/s1. The molecular formula is C20H18N2O5. The molecule has 0 fully saturated rings. The predicted molar refractivity (Wildman–Crippen MR) is 92.4 cm³/mol. The first-order valence-electron chi connectivity index (χ1n) is 8.62. The number of carbonyl (C=O) groups excluding carboxylic acids is 2. The Hall–Kier alpha value is -3.27. The fourth-order valence-corrected chi connectivity index (χ4v) is 4.16. The van der Waals surface area contributed by atoms with Gasteiger partial charge in [0, 0.05) is 11.1 Å². The van der Waals surface area contributed by atoms with Crippen LogP contribution in [0.15, 0.2) is 47.1 Å². The molecule has 0 spiro atoms. The Morgan fingerprint density at radius 1 is 1.33 bits per heavy atom. The molecule has 0 aromatic heterocycles. The lowest BCUT2D eigenvalue weighted by Crippen LogP contribution is -2.45. The first kappa shape index (κ1) is 17.2. The van der Waals surface area contributed by atoms with E-state index >= 15 is 0 Å². The number of esters is 1. The van der Waals surface area contributed by atoms with Gasteiger partial charge in [0.05, 0.1) is 6.61 Å². The lowest BCUT2D eigenvalue weighted by Gasteiger charge is -2.31. The summed E-state index contributed by atoms with van der Waals surface area (Å²) in [6.45, 7) is 5.53. The number of hydrogen-bond acceptors (Lipinski definition) is 7. The molecule has 0 bridgehead atoms. The monoisotopic (exact) mass is 366 g/mol. The van der Waals surface area contributed by atoms with Gasteiger partial charge in [-0.1, -0.05) is 38.1 Å². The largest absolute Gasteiger partial charge is 0.462 e. The maximum atomic E-state index is 13.5. The molecular weight excluding hydrogens is 348 g/mol. The van der Waals surface area contributed by atoms with Gasteiger partial charge in [-0.15, -0.1) is 0 Å². The van der Waals surface area contributed by atoms with Gasteiger partial charge in [0.2, 0.25) is 5.88 Å². The van der Waals surface area contributed by atoms with Gasteiger partial charge in [0.15, 0.2) is 11.2 Å². The molecule has 7 heteroatoms. The maximum absolute atomic E-state index is 13.5. The molecule has 27 heavy (non-hydrogen) atoms. The van der Waals surface area contributed by atoms with E-state index in [1.165, 1.54) is 0 Å². The first-order chi connectivity index (χ1) is 12.8. The number of ether oxygens (including phenoxy) is 3. The molecule has 1 aromatic rings. The van der Waals surface area contributed by atoms with Gasteiger partial charge in [0.25, 0.3) is 0 Å². The van der Waals surface area contributed by atoms with Crippen LogP contribution in [-0.4, -0.2) is 18.4 Å². The molecule has 0 saturated carbocycles. The number of carbonyl (C=O) groups is 2. The third-order valence-corrected chi connectivity index (χ3v) is 5.12. The van der Waals surface area contributed by atoms with Crippen LogP contribution in [0.5, 0.6) is 0 Å². The number of fused-ring (bicyclic) bond motifs is 1. The van der Waals surface area contributed by atoms with Crippen LogP contribution in [0.1, 0.15) is 36.7 Å². The summed E-state index contributed by atoms with van der Waals surface area (Å²) >= 11 is 0. The summed E-state index contributed by atoms with van der Waals surface area (Å²) < 4.78 is 17.2. The Kier molecular flexibility index (Phi) is 3.41. The SMILES string of the molecule is CC1=C(C(=O)OCC(C)C)[C@@]23C(=O)c4ccccc4[C@]2(O1)OC(N)=C3C#N. The molecule has 4 rings (SSSR count). The van der Waals surface area contributed by atoms with Gasteiger partial charge >= 0.3 is 11.8 Å². The molecule has 3 aliphatic rings.